The Morgan fingerprint density at radius 2 is 2.00 bits per heavy atom. The minimum absolute atomic E-state index is 0.387. The first-order valence-corrected chi connectivity index (χ1v) is 5.85. The molecule has 3 N–H and O–H groups in total. The van der Waals surface area contributed by atoms with E-state index in [0.717, 1.165) is 16.9 Å². The number of nitrogens with one attached hydrogen (secondary N) is 1. The number of ether oxygens (including phenoxy) is 2. The Balaban J connectivity index is 2.16. The molecule has 0 aliphatic rings. The summed E-state index contributed by atoms with van der Waals surface area (Å²) in [4.78, 5) is 2.85. The highest BCUT2D eigenvalue weighted by Crippen LogP contribution is 2.28. The van der Waals surface area contributed by atoms with Crippen molar-refractivity contribution in [3.05, 3.63) is 36.0 Å². The van der Waals surface area contributed by atoms with E-state index in [0.29, 0.717) is 24.6 Å². The van der Waals surface area contributed by atoms with Crippen molar-refractivity contribution in [3.63, 3.8) is 0 Å². The van der Waals surface area contributed by atoms with E-state index in [1.165, 1.54) is 0 Å². The van der Waals surface area contributed by atoms with Crippen LogP contribution in [0, 0.1) is 11.3 Å². The number of aromatic amines is 1. The number of nitriles is 1. The molecule has 19 heavy (non-hydrogen) atoms. The fourth-order valence-corrected chi connectivity index (χ4v) is 1.76. The normalized spacial score (nSPS) is 10.1. The van der Waals surface area contributed by atoms with Crippen molar-refractivity contribution < 1.29 is 9.47 Å². The van der Waals surface area contributed by atoms with Crippen LogP contribution in [0.3, 0.4) is 0 Å². The predicted octanol–water partition coefficient (Wildman–Crippen LogP) is 2.16. The molecular weight excluding hydrogens is 242 g/mol. The lowest BCUT2D eigenvalue weighted by molar-refractivity contribution is 0.146. The van der Waals surface area contributed by atoms with E-state index < -0.39 is 0 Å². The Kier molecular flexibility index (Phi) is 4.06. The molecule has 0 atom stereocenters. The number of H-pyrrole nitrogens is 1. The van der Waals surface area contributed by atoms with Crippen molar-refractivity contribution in [2.75, 3.05) is 26.1 Å². The second-order valence-corrected chi connectivity index (χ2v) is 3.97. The fourth-order valence-electron chi connectivity index (χ4n) is 1.76. The maximum absolute atomic E-state index is 9.06. The van der Waals surface area contributed by atoms with E-state index in [4.69, 9.17) is 20.5 Å². The maximum atomic E-state index is 9.06. The van der Waals surface area contributed by atoms with Crippen LogP contribution in [0.5, 0.6) is 5.75 Å². The van der Waals surface area contributed by atoms with Crippen LogP contribution in [0.1, 0.15) is 5.56 Å². The molecular formula is C14H15N3O2. The van der Waals surface area contributed by atoms with Gasteiger partial charge in [0, 0.05) is 18.9 Å². The Bertz CT molecular complexity index is 582. The number of nitrogens with two attached hydrogens (primary N) is 1. The quantitative estimate of drug-likeness (QED) is 0.804. The van der Waals surface area contributed by atoms with Gasteiger partial charge in [0.1, 0.15) is 29.8 Å². The predicted molar refractivity (Wildman–Crippen MR) is 72.7 cm³/mol. The molecule has 0 unspecified atom stereocenters. The number of nitrogen functional groups attached to an aromatic ring is 1. The largest absolute Gasteiger partial charge is 0.491 e. The molecule has 0 saturated carbocycles. The van der Waals surface area contributed by atoms with E-state index >= 15 is 0 Å². The number of hydrogen-bond acceptors (Lipinski definition) is 4. The van der Waals surface area contributed by atoms with Crippen LogP contribution in [0.2, 0.25) is 0 Å². The third kappa shape index (κ3) is 2.87. The fraction of sp³-hybridized carbons (Fsp3) is 0.214. The summed E-state index contributed by atoms with van der Waals surface area (Å²) in [5, 5.41) is 9.06. The van der Waals surface area contributed by atoms with E-state index in [2.05, 4.69) is 11.1 Å². The highest BCUT2D eigenvalue weighted by molar-refractivity contribution is 5.76. The van der Waals surface area contributed by atoms with Gasteiger partial charge in [0.05, 0.1) is 6.61 Å². The van der Waals surface area contributed by atoms with Gasteiger partial charge in [0.25, 0.3) is 0 Å². The zero-order valence-electron chi connectivity index (χ0n) is 10.6. The molecule has 1 heterocycles. The molecule has 0 aliphatic heterocycles. The van der Waals surface area contributed by atoms with Crippen LogP contribution in [-0.2, 0) is 4.74 Å². The number of hydrogen-bond donors (Lipinski definition) is 2. The lowest BCUT2D eigenvalue weighted by Crippen LogP contribution is -2.03. The third-order valence-electron chi connectivity index (χ3n) is 2.74. The van der Waals surface area contributed by atoms with Crippen molar-refractivity contribution in [2.24, 2.45) is 0 Å². The average Bonchev–Trinajstić information content (AvgIpc) is 2.81. The van der Waals surface area contributed by atoms with Crippen LogP contribution in [-0.4, -0.2) is 25.3 Å². The minimum atomic E-state index is 0.387. The summed E-state index contributed by atoms with van der Waals surface area (Å²) in [7, 11) is 1.63. The average molecular weight is 257 g/mol. The summed E-state index contributed by atoms with van der Waals surface area (Å²) in [6.07, 6.45) is 1.73. The Labute approximate surface area is 111 Å². The number of nitrogens with zero attached hydrogens (tertiary/aromatic N) is 1. The van der Waals surface area contributed by atoms with Crippen LogP contribution in [0.4, 0.5) is 5.82 Å². The Morgan fingerprint density at radius 1 is 1.26 bits per heavy atom. The minimum Gasteiger partial charge on any atom is -0.491 e. The number of rotatable bonds is 5. The van der Waals surface area contributed by atoms with Gasteiger partial charge in [-0.3, -0.25) is 0 Å². The van der Waals surface area contributed by atoms with Gasteiger partial charge in [-0.1, -0.05) is 12.1 Å². The first kappa shape index (κ1) is 13.0. The highest BCUT2D eigenvalue weighted by Gasteiger charge is 2.10. The topological polar surface area (TPSA) is 84.1 Å². The molecule has 98 valence electrons. The molecule has 0 radical (unpaired) electrons. The van der Waals surface area contributed by atoms with E-state index in [9.17, 15) is 0 Å². The number of methoxy groups -OCH3 is 1. The van der Waals surface area contributed by atoms with Crippen molar-refractivity contribution in [3.8, 4) is 22.9 Å². The molecule has 5 heteroatoms. The first-order chi connectivity index (χ1) is 9.26. The molecule has 1 aromatic heterocycles. The van der Waals surface area contributed by atoms with Crippen LogP contribution >= 0.6 is 0 Å². The van der Waals surface area contributed by atoms with Gasteiger partial charge in [-0.25, -0.2) is 0 Å². The maximum Gasteiger partial charge on any atom is 0.119 e. The number of anilines is 1. The van der Waals surface area contributed by atoms with E-state index in [-0.39, 0.29) is 0 Å². The highest BCUT2D eigenvalue weighted by atomic mass is 16.5. The monoisotopic (exact) mass is 257 g/mol. The third-order valence-corrected chi connectivity index (χ3v) is 2.74. The lowest BCUT2D eigenvalue weighted by Gasteiger charge is -2.06. The summed E-state index contributed by atoms with van der Waals surface area (Å²) in [6, 6.07) is 9.60. The summed E-state index contributed by atoms with van der Waals surface area (Å²) in [5.74, 6) is 1.15. The van der Waals surface area contributed by atoms with Crippen LogP contribution in [0.25, 0.3) is 11.1 Å². The zero-order chi connectivity index (χ0) is 13.7. The number of aromatic nitrogens is 1. The second-order valence-electron chi connectivity index (χ2n) is 3.97. The van der Waals surface area contributed by atoms with Gasteiger partial charge in [-0.15, -0.1) is 0 Å². The Morgan fingerprint density at radius 3 is 2.63 bits per heavy atom. The van der Waals surface area contributed by atoms with Gasteiger partial charge < -0.3 is 20.2 Å². The SMILES string of the molecule is COCCOc1ccc(-c2c[nH]c(N)c2C#N)cc1. The molecule has 0 saturated heterocycles. The van der Waals surface area contributed by atoms with Crippen LogP contribution < -0.4 is 10.5 Å². The van der Waals surface area contributed by atoms with Crippen molar-refractivity contribution in [1.29, 1.82) is 5.26 Å². The molecule has 5 nitrogen and oxygen atoms in total. The molecule has 1 aromatic carbocycles. The van der Waals surface area contributed by atoms with Gasteiger partial charge in [0.2, 0.25) is 0 Å². The lowest BCUT2D eigenvalue weighted by atomic mass is 10.0. The van der Waals surface area contributed by atoms with E-state index in [1.807, 2.05) is 24.3 Å². The summed E-state index contributed by atoms with van der Waals surface area (Å²) in [6.45, 7) is 1.06. The summed E-state index contributed by atoms with van der Waals surface area (Å²) >= 11 is 0. The van der Waals surface area contributed by atoms with Gasteiger partial charge in [-0.05, 0) is 17.7 Å². The smallest absolute Gasteiger partial charge is 0.119 e. The van der Waals surface area contributed by atoms with E-state index in [1.54, 1.807) is 13.3 Å². The Hall–Kier alpha value is -2.45. The van der Waals surface area contributed by atoms with Crippen molar-refractivity contribution in [1.82, 2.24) is 4.98 Å². The standard InChI is InChI=1S/C14H15N3O2/c1-18-6-7-19-11-4-2-10(3-5-11)13-9-17-14(16)12(13)8-15/h2-5,9,17H,6-7,16H2,1H3. The molecule has 2 rings (SSSR count). The second kappa shape index (κ2) is 5.94. The molecule has 2 aromatic rings. The van der Waals surface area contributed by atoms with Crippen molar-refractivity contribution in [2.45, 2.75) is 0 Å². The molecule has 0 aliphatic carbocycles. The van der Waals surface area contributed by atoms with Crippen LogP contribution in [0.15, 0.2) is 30.5 Å². The van der Waals surface area contributed by atoms with Crippen molar-refractivity contribution >= 4 is 5.82 Å². The first-order valence-electron chi connectivity index (χ1n) is 5.85. The molecule has 0 bridgehead atoms. The van der Waals surface area contributed by atoms with Gasteiger partial charge in [-0.2, -0.15) is 5.26 Å². The molecule has 0 fully saturated rings. The van der Waals surface area contributed by atoms with Gasteiger partial charge >= 0.3 is 0 Å². The zero-order valence-corrected chi connectivity index (χ0v) is 10.6. The molecule has 0 spiro atoms. The number of benzene rings is 1. The summed E-state index contributed by atoms with van der Waals surface area (Å²) in [5.41, 5.74) is 7.86. The van der Waals surface area contributed by atoms with Gasteiger partial charge in [0.15, 0.2) is 0 Å². The summed E-state index contributed by atoms with van der Waals surface area (Å²) < 4.78 is 10.4. The molecule has 0 amide bonds.